The van der Waals surface area contributed by atoms with Crippen molar-refractivity contribution in [2.24, 2.45) is 0 Å². The highest BCUT2D eigenvalue weighted by Crippen LogP contribution is 2.52. The lowest BCUT2D eigenvalue weighted by Gasteiger charge is -2.13. The van der Waals surface area contributed by atoms with E-state index in [1.165, 1.54) is 18.7 Å². The predicted molar refractivity (Wildman–Crippen MR) is 56.7 cm³/mol. The van der Waals surface area contributed by atoms with Gasteiger partial charge in [0.2, 0.25) is 0 Å². The molecule has 0 saturated carbocycles. The smallest absolute Gasteiger partial charge is 0.338 e. The molecule has 0 spiro atoms. The van der Waals surface area contributed by atoms with Crippen molar-refractivity contribution in [2.45, 2.75) is 5.66 Å². The van der Waals surface area contributed by atoms with Gasteiger partial charge in [-0.05, 0) is 0 Å². The maximum atomic E-state index is 11.3. The molecule has 2 aromatic rings. The topological polar surface area (TPSA) is 112 Å². The van der Waals surface area contributed by atoms with Crippen LogP contribution in [0.4, 0.5) is 0 Å². The van der Waals surface area contributed by atoms with Crippen LogP contribution in [0.5, 0.6) is 0 Å². The highest BCUT2D eigenvalue weighted by Gasteiger charge is 2.30. The van der Waals surface area contributed by atoms with E-state index in [0.717, 1.165) is 0 Å². The van der Waals surface area contributed by atoms with E-state index < -0.39 is 13.3 Å². The number of nitrogens with zero attached hydrogens (tertiary/aromatic N) is 3. The first kappa shape index (κ1) is 10.9. The Bertz CT molecular complexity index is 575. The average molecular weight is 240 g/mol. The van der Waals surface area contributed by atoms with Gasteiger partial charge in [-0.3, -0.25) is 4.57 Å². The molecule has 0 fully saturated rings. The van der Waals surface area contributed by atoms with Crippen molar-refractivity contribution in [3.05, 3.63) is 31.0 Å². The van der Waals surface area contributed by atoms with Crippen molar-refractivity contribution in [2.75, 3.05) is 0 Å². The summed E-state index contributed by atoms with van der Waals surface area (Å²) in [5.74, 6) is 0. The van der Waals surface area contributed by atoms with Crippen LogP contribution in [0.15, 0.2) is 25.3 Å². The number of aromatic amines is 1. The van der Waals surface area contributed by atoms with Crippen LogP contribution >= 0.6 is 7.60 Å². The van der Waals surface area contributed by atoms with Crippen LogP contribution in [0, 0.1) is 0 Å². The monoisotopic (exact) mass is 240 g/mol. The number of hydrogen-bond donors (Lipinski definition) is 3. The van der Waals surface area contributed by atoms with E-state index in [9.17, 15) is 14.4 Å². The van der Waals surface area contributed by atoms with Gasteiger partial charge < -0.3 is 14.8 Å². The third-order valence-electron chi connectivity index (χ3n) is 2.12. The van der Waals surface area contributed by atoms with E-state index in [1.54, 1.807) is 0 Å². The number of fused-ring (bicyclic) bond motifs is 1. The number of aromatic nitrogens is 4. The van der Waals surface area contributed by atoms with E-state index in [-0.39, 0.29) is 5.69 Å². The van der Waals surface area contributed by atoms with Gasteiger partial charge in [0.1, 0.15) is 17.5 Å². The lowest BCUT2D eigenvalue weighted by atomic mass is 10.2. The van der Waals surface area contributed by atoms with Gasteiger partial charge in [-0.15, -0.1) is 6.58 Å². The van der Waals surface area contributed by atoms with Crippen LogP contribution in [0.3, 0.4) is 0 Å². The minimum atomic E-state index is -4.33. The molecule has 0 radical (unpaired) electrons. The van der Waals surface area contributed by atoms with Gasteiger partial charge in [-0.1, -0.05) is 6.08 Å². The molecule has 8 heteroatoms. The van der Waals surface area contributed by atoms with Crippen molar-refractivity contribution < 1.29 is 14.4 Å². The summed E-state index contributed by atoms with van der Waals surface area (Å²) in [5, 5.41) is 0. The summed E-state index contributed by atoms with van der Waals surface area (Å²) in [4.78, 5) is 32.7. The largest absolute Gasteiger partial charge is 0.342 e. The molecule has 0 aliphatic rings. The Morgan fingerprint density at radius 1 is 1.44 bits per heavy atom. The summed E-state index contributed by atoms with van der Waals surface area (Å²) in [6.07, 6.45) is 3.77. The molecule has 0 aliphatic carbocycles. The van der Waals surface area contributed by atoms with Crippen LogP contribution in [0.25, 0.3) is 11.2 Å². The molecule has 2 rings (SSSR count). The Morgan fingerprint density at radius 3 is 2.81 bits per heavy atom. The summed E-state index contributed by atoms with van der Waals surface area (Å²) in [7, 11) is -4.33. The third kappa shape index (κ3) is 1.76. The highest BCUT2D eigenvalue weighted by molar-refractivity contribution is 7.52. The molecule has 16 heavy (non-hydrogen) atoms. The number of imidazole rings is 1. The molecule has 7 nitrogen and oxygen atoms in total. The summed E-state index contributed by atoms with van der Waals surface area (Å²) in [6, 6.07) is 0. The zero-order valence-corrected chi connectivity index (χ0v) is 9.00. The van der Waals surface area contributed by atoms with Gasteiger partial charge in [0.15, 0.2) is 5.65 Å². The summed E-state index contributed by atoms with van der Waals surface area (Å²) in [6.45, 7) is 3.41. The van der Waals surface area contributed by atoms with Gasteiger partial charge in [-0.2, -0.15) is 0 Å². The standard InChI is InChI=1S/C8H9N4O3P/c1-2-5(16(13,14)15)6-7-8(11-3-9-6)12-4-10-7/h2-5H,1H2,(H2,13,14,15)(H,9,10,11,12). The van der Waals surface area contributed by atoms with Crippen molar-refractivity contribution in [3.8, 4) is 0 Å². The van der Waals surface area contributed by atoms with Crippen LogP contribution in [-0.2, 0) is 4.57 Å². The molecule has 2 heterocycles. The first-order chi connectivity index (χ1) is 7.54. The van der Waals surface area contributed by atoms with Gasteiger partial charge in [0, 0.05) is 0 Å². The number of hydrogen-bond acceptors (Lipinski definition) is 4. The highest BCUT2D eigenvalue weighted by atomic mass is 31.2. The molecule has 0 saturated heterocycles. The molecule has 84 valence electrons. The average Bonchev–Trinajstić information content (AvgIpc) is 2.65. The second kappa shape index (κ2) is 3.79. The van der Waals surface area contributed by atoms with Crippen molar-refractivity contribution in [1.82, 2.24) is 19.9 Å². The van der Waals surface area contributed by atoms with Gasteiger partial charge in [0.25, 0.3) is 0 Å². The molecule has 0 aliphatic heterocycles. The van der Waals surface area contributed by atoms with Crippen LogP contribution in [-0.4, -0.2) is 29.7 Å². The molecular formula is C8H9N4O3P. The van der Waals surface area contributed by atoms with Gasteiger partial charge >= 0.3 is 7.60 Å². The lowest BCUT2D eigenvalue weighted by Crippen LogP contribution is -2.01. The molecular weight excluding hydrogens is 231 g/mol. The normalized spacial score (nSPS) is 13.9. The zero-order valence-electron chi connectivity index (χ0n) is 8.11. The van der Waals surface area contributed by atoms with E-state index in [1.807, 2.05) is 0 Å². The van der Waals surface area contributed by atoms with Crippen LogP contribution in [0.1, 0.15) is 11.4 Å². The lowest BCUT2D eigenvalue weighted by molar-refractivity contribution is 0.365. The van der Waals surface area contributed by atoms with Crippen LogP contribution < -0.4 is 0 Å². The summed E-state index contributed by atoms with van der Waals surface area (Å²) >= 11 is 0. The Balaban J connectivity index is 2.66. The Kier molecular flexibility index (Phi) is 2.59. The van der Waals surface area contributed by atoms with Gasteiger partial charge in [-0.25, -0.2) is 15.0 Å². The Labute approximate surface area is 90.4 Å². The molecule has 0 aromatic carbocycles. The maximum absolute atomic E-state index is 11.3. The summed E-state index contributed by atoms with van der Waals surface area (Å²) < 4.78 is 11.3. The first-order valence-electron chi connectivity index (χ1n) is 4.36. The minimum absolute atomic E-state index is 0.200. The second-order valence-corrected chi connectivity index (χ2v) is 4.86. The van der Waals surface area contributed by atoms with Crippen molar-refractivity contribution >= 4 is 18.8 Å². The number of nitrogens with one attached hydrogen (secondary N) is 1. The molecule has 0 amide bonds. The zero-order chi connectivity index (χ0) is 11.8. The molecule has 1 atom stereocenters. The second-order valence-electron chi connectivity index (χ2n) is 3.13. The van der Waals surface area contributed by atoms with E-state index >= 15 is 0 Å². The number of allylic oxidation sites excluding steroid dienone is 1. The minimum Gasteiger partial charge on any atom is -0.342 e. The molecule has 3 N–H and O–H groups in total. The maximum Gasteiger partial charge on any atom is 0.338 e. The number of rotatable bonds is 3. The van der Waals surface area contributed by atoms with E-state index in [2.05, 4.69) is 26.5 Å². The van der Waals surface area contributed by atoms with E-state index in [4.69, 9.17) is 0 Å². The fourth-order valence-corrected chi connectivity index (χ4v) is 2.21. The van der Waals surface area contributed by atoms with E-state index in [0.29, 0.717) is 11.2 Å². The van der Waals surface area contributed by atoms with Crippen molar-refractivity contribution in [1.29, 1.82) is 0 Å². The van der Waals surface area contributed by atoms with Crippen LogP contribution in [0.2, 0.25) is 0 Å². The fourth-order valence-electron chi connectivity index (χ4n) is 1.42. The van der Waals surface area contributed by atoms with Crippen molar-refractivity contribution in [3.63, 3.8) is 0 Å². The first-order valence-corrected chi connectivity index (χ1v) is 6.04. The predicted octanol–water partition coefficient (Wildman–Crippen LogP) is 0.758. The van der Waals surface area contributed by atoms with Gasteiger partial charge in [0.05, 0.1) is 12.0 Å². The molecule has 2 aromatic heterocycles. The Hall–Kier alpha value is -1.56. The third-order valence-corrected chi connectivity index (χ3v) is 3.30. The molecule has 1 unspecified atom stereocenters. The molecule has 0 bridgehead atoms. The SMILES string of the molecule is C=CC(c1ncnc2nc[nH]c12)P(=O)(O)O. The quantitative estimate of drug-likeness (QED) is 0.539. The summed E-state index contributed by atoms with van der Waals surface area (Å²) in [5.41, 5.74) is -0.176. The fraction of sp³-hybridized carbons (Fsp3) is 0.125. The Morgan fingerprint density at radius 2 is 2.19 bits per heavy atom. The number of H-pyrrole nitrogens is 1.